The first kappa shape index (κ1) is 25.3. The van der Waals surface area contributed by atoms with E-state index in [1.165, 1.54) is 6.07 Å². The number of phenolic OH excluding ortho intramolecular Hbond substituents is 1. The van der Waals surface area contributed by atoms with Gasteiger partial charge in [-0.1, -0.05) is 91.0 Å². The van der Waals surface area contributed by atoms with Gasteiger partial charge < -0.3 is 19.3 Å². The van der Waals surface area contributed by atoms with Crippen molar-refractivity contribution in [1.29, 1.82) is 0 Å². The molecular weight excluding hydrogens is 500 g/mol. The van der Waals surface area contributed by atoms with Crippen molar-refractivity contribution in [2.24, 2.45) is 0 Å². The first-order valence-electron chi connectivity index (χ1n) is 13.2. The average molecular weight is 529 g/mol. The lowest BCUT2D eigenvalue weighted by molar-refractivity contribution is 0.102. The molecule has 0 saturated heterocycles. The van der Waals surface area contributed by atoms with E-state index in [4.69, 9.17) is 14.2 Å². The normalized spacial score (nSPS) is 12.0. The molecule has 1 aliphatic rings. The topological polar surface area (TPSA) is 65.0 Å². The quantitative estimate of drug-likeness (QED) is 0.225. The third kappa shape index (κ3) is 4.90. The van der Waals surface area contributed by atoms with Crippen molar-refractivity contribution in [2.45, 2.75) is 19.1 Å². The summed E-state index contributed by atoms with van der Waals surface area (Å²) in [4.78, 5) is 14.0. The largest absolute Gasteiger partial charge is 0.507 e. The molecule has 5 aromatic rings. The Balaban J connectivity index is 1.41. The molecule has 5 aromatic carbocycles. The second kappa shape index (κ2) is 11.0. The predicted octanol–water partition coefficient (Wildman–Crippen LogP) is 7.28. The molecule has 0 heterocycles. The fraction of sp³-hybridized carbons (Fsp3) is 0.114. The number of fused-ring (bicyclic) bond motifs is 2. The van der Waals surface area contributed by atoms with E-state index >= 15 is 0 Å². The zero-order valence-corrected chi connectivity index (χ0v) is 22.0. The van der Waals surface area contributed by atoms with Crippen molar-refractivity contribution >= 4 is 5.78 Å². The Bertz CT molecular complexity index is 1610. The second-order valence-corrected chi connectivity index (χ2v) is 9.70. The molecule has 0 saturated carbocycles. The smallest absolute Gasteiger partial charge is 0.201 e. The standard InChI is InChI=1S/C35H28O5/c1-38-27-19-26-20-28-30(40-35(24-13-7-3-8-14-24)25-15-9-4-10-16-25)18-17-29(36)33(28)34(37)32(26)31(21-27)39-22-23-11-5-2-6-12-23/h2-19,21,35-36H,20,22H2,1H3. The first-order valence-corrected chi connectivity index (χ1v) is 13.2. The van der Waals surface area contributed by atoms with Crippen LogP contribution >= 0.6 is 0 Å². The summed E-state index contributed by atoms with van der Waals surface area (Å²) in [5.41, 5.74) is 5.00. The van der Waals surface area contributed by atoms with Crippen LogP contribution in [0.1, 0.15) is 49.8 Å². The molecule has 0 radical (unpaired) electrons. The van der Waals surface area contributed by atoms with Crippen molar-refractivity contribution in [1.82, 2.24) is 0 Å². The van der Waals surface area contributed by atoms with E-state index in [9.17, 15) is 9.90 Å². The Morgan fingerprint density at radius 3 is 2.00 bits per heavy atom. The molecule has 1 N–H and O–H groups in total. The van der Waals surface area contributed by atoms with Gasteiger partial charge >= 0.3 is 0 Å². The van der Waals surface area contributed by atoms with Gasteiger partial charge in [0.15, 0.2) is 0 Å². The second-order valence-electron chi connectivity index (χ2n) is 9.70. The van der Waals surface area contributed by atoms with Gasteiger partial charge in [-0.3, -0.25) is 4.79 Å². The fourth-order valence-corrected chi connectivity index (χ4v) is 5.19. The molecule has 0 atom stereocenters. The van der Waals surface area contributed by atoms with Gasteiger partial charge in [0.2, 0.25) is 5.78 Å². The molecule has 5 heteroatoms. The van der Waals surface area contributed by atoms with Gasteiger partial charge in [0.25, 0.3) is 0 Å². The van der Waals surface area contributed by atoms with E-state index in [0.29, 0.717) is 41.4 Å². The van der Waals surface area contributed by atoms with E-state index in [1.807, 2.05) is 97.1 Å². The van der Waals surface area contributed by atoms with E-state index in [2.05, 4.69) is 0 Å². The van der Waals surface area contributed by atoms with Crippen molar-refractivity contribution < 1.29 is 24.1 Å². The number of carbonyl (C=O) groups excluding carboxylic acids is 1. The van der Waals surface area contributed by atoms with Crippen LogP contribution in [0.2, 0.25) is 0 Å². The lowest BCUT2D eigenvalue weighted by Crippen LogP contribution is -2.19. The molecule has 0 aromatic heterocycles. The molecule has 0 fully saturated rings. The number of hydrogen-bond acceptors (Lipinski definition) is 5. The van der Waals surface area contributed by atoms with Gasteiger partial charge in [0.1, 0.15) is 35.7 Å². The van der Waals surface area contributed by atoms with Gasteiger partial charge in [0.05, 0.1) is 18.2 Å². The van der Waals surface area contributed by atoms with E-state index in [-0.39, 0.29) is 17.1 Å². The van der Waals surface area contributed by atoms with Crippen LogP contribution in [0.25, 0.3) is 0 Å². The minimum absolute atomic E-state index is 0.0844. The van der Waals surface area contributed by atoms with E-state index in [1.54, 1.807) is 19.2 Å². The number of methoxy groups -OCH3 is 1. The number of rotatable bonds is 8. The van der Waals surface area contributed by atoms with Gasteiger partial charge in [-0.2, -0.15) is 0 Å². The number of ether oxygens (including phenoxy) is 3. The Hall–Kier alpha value is -5.03. The number of ketones is 1. The molecule has 5 nitrogen and oxygen atoms in total. The summed E-state index contributed by atoms with van der Waals surface area (Å²) in [5, 5.41) is 10.9. The maximum absolute atomic E-state index is 14.0. The Labute approximate surface area is 233 Å². The minimum atomic E-state index is -0.400. The van der Waals surface area contributed by atoms with Crippen LogP contribution < -0.4 is 14.2 Å². The van der Waals surface area contributed by atoms with Crippen molar-refractivity contribution in [3.05, 3.63) is 154 Å². The Morgan fingerprint density at radius 2 is 1.38 bits per heavy atom. The van der Waals surface area contributed by atoms with E-state index in [0.717, 1.165) is 22.3 Å². The summed E-state index contributed by atoms with van der Waals surface area (Å²) in [6.45, 7) is 0.297. The number of aromatic hydroxyl groups is 1. The highest BCUT2D eigenvalue weighted by Crippen LogP contribution is 2.44. The summed E-state index contributed by atoms with van der Waals surface area (Å²) in [7, 11) is 1.59. The SMILES string of the molecule is COc1cc2c(c(OCc3ccccc3)c1)C(=O)c1c(O)ccc(OC(c3ccccc3)c3ccccc3)c1C2. The molecule has 0 spiro atoms. The van der Waals surface area contributed by atoms with Crippen LogP contribution in [0.4, 0.5) is 0 Å². The number of hydrogen-bond donors (Lipinski definition) is 1. The summed E-state index contributed by atoms with van der Waals surface area (Å²) >= 11 is 0. The molecule has 0 unspecified atom stereocenters. The molecule has 0 aliphatic heterocycles. The first-order chi connectivity index (χ1) is 19.6. The fourth-order valence-electron chi connectivity index (χ4n) is 5.19. The maximum Gasteiger partial charge on any atom is 0.201 e. The van der Waals surface area contributed by atoms with Crippen LogP contribution in [0.3, 0.4) is 0 Å². The molecule has 198 valence electrons. The van der Waals surface area contributed by atoms with Crippen LogP contribution in [0.15, 0.2) is 115 Å². The highest BCUT2D eigenvalue weighted by molar-refractivity contribution is 6.16. The lowest BCUT2D eigenvalue weighted by atomic mass is 9.83. The number of benzene rings is 5. The van der Waals surface area contributed by atoms with Crippen molar-refractivity contribution in [3.8, 4) is 23.0 Å². The van der Waals surface area contributed by atoms with Gasteiger partial charge in [-0.15, -0.1) is 0 Å². The third-order valence-corrected chi connectivity index (χ3v) is 7.15. The molecule has 40 heavy (non-hydrogen) atoms. The highest BCUT2D eigenvalue weighted by atomic mass is 16.5. The summed E-state index contributed by atoms with van der Waals surface area (Å²) in [6, 6.07) is 36.5. The van der Waals surface area contributed by atoms with Crippen molar-refractivity contribution in [2.75, 3.05) is 7.11 Å². The number of carbonyl (C=O) groups is 1. The van der Waals surface area contributed by atoms with E-state index < -0.39 is 6.10 Å². The minimum Gasteiger partial charge on any atom is -0.507 e. The summed E-state index contributed by atoms with van der Waals surface area (Å²) in [5.74, 6) is 1.16. The monoisotopic (exact) mass is 528 g/mol. The average Bonchev–Trinajstić information content (AvgIpc) is 3.00. The van der Waals surface area contributed by atoms with Crippen molar-refractivity contribution in [3.63, 3.8) is 0 Å². The molecule has 6 rings (SSSR count). The van der Waals surface area contributed by atoms with Gasteiger partial charge in [-0.25, -0.2) is 0 Å². The maximum atomic E-state index is 14.0. The van der Waals surface area contributed by atoms with Gasteiger partial charge in [-0.05, 0) is 40.5 Å². The molecule has 0 bridgehead atoms. The zero-order valence-electron chi connectivity index (χ0n) is 22.0. The van der Waals surface area contributed by atoms with Gasteiger partial charge in [0, 0.05) is 18.1 Å². The highest BCUT2D eigenvalue weighted by Gasteiger charge is 2.33. The molecule has 0 amide bonds. The Kier molecular flexibility index (Phi) is 6.94. The van der Waals surface area contributed by atoms with Crippen LogP contribution in [-0.4, -0.2) is 18.0 Å². The third-order valence-electron chi connectivity index (χ3n) is 7.15. The van der Waals surface area contributed by atoms with Crippen LogP contribution in [0, 0.1) is 0 Å². The van der Waals surface area contributed by atoms with Crippen LogP contribution in [-0.2, 0) is 13.0 Å². The Morgan fingerprint density at radius 1 is 0.750 bits per heavy atom. The molecular formula is C35H28O5. The summed E-state index contributed by atoms with van der Waals surface area (Å²) in [6.07, 6.45) is -0.0300. The molecule has 1 aliphatic carbocycles. The summed E-state index contributed by atoms with van der Waals surface area (Å²) < 4.78 is 18.4. The predicted molar refractivity (Wildman–Crippen MR) is 153 cm³/mol. The zero-order chi connectivity index (χ0) is 27.5. The van der Waals surface area contributed by atoms with Crippen LogP contribution in [0.5, 0.6) is 23.0 Å². The lowest BCUT2D eigenvalue weighted by Gasteiger charge is -2.27. The number of phenols is 1.